The van der Waals surface area contributed by atoms with Gasteiger partial charge in [-0.25, -0.2) is 4.79 Å². The van der Waals surface area contributed by atoms with Crippen molar-refractivity contribution in [3.63, 3.8) is 0 Å². The zero-order valence-corrected chi connectivity index (χ0v) is 21.8. The molecule has 194 valence electrons. The topological polar surface area (TPSA) is 132 Å². The Morgan fingerprint density at radius 3 is 2.13 bits per heavy atom. The number of anilines is 2. The van der Waals surface area contributed by atoms with Crippen molar-refractivity contribution >= 4 is 29.2 Å². The van der Waals surface area contributed by atoms with Crippen LogP contribution in [-0.2, 0) is 16.0 Å². The summed E-state index contributed by atoms with van der Waals surface area (Å²) in [4.78, 5) is 37.4. The van der Waals surface area contributed by atoms with Gasteiger partial charge in [-0.2, -0.15) is 10.5 Å². The van der Waals surface area contributed by atoms with Crippen molar-refractivity contribution in [1.82, 2.24) is 0 Å². The summed E-state index contributed by atoms with van der Waals surface area (Å²) in [6.07, 6.45) is 4.33. The van der Waals surface area contributed by atoms with Gasteiger partial charge in [-0.05, 0) is 61.7 Å². The zero-order chi connectivity index (χ0) is 28.6. The van der Waals surface area contributed by atoms with E-state index in [1.165, 1.54) is 35.4 Å². The predicted molar refractivity (Wildman–Crippen MR) is 148 cm³/mol. The SMILES string of the molecule is C#Cc1cc(CC#N)cc(NC(=O)OC(C)(C)C)c1NC(=O)CC(=O)c1cccc(C#N)c1.c1cc2ccc1-2. The molecule has 2 aromatic carbocycles. The molecule has 0 aliphatic heterocycles. The van der Waals surface area contributed by atoms with Gasteiger partial charge in [0.1, 0.15) is 5.60 Å². The van der Waals surface area contributed by atoms with E-state index in [0.717, 1.165) is 0 Å². The number of amides is 2. The van der Waals surface area contributed by atoms with Crippen LogP contribution in [0.4, 0.5) is 16.2 Å². The highest BCUT2D eigenvalue weighted by Gasteiger charge is 2.21. The molecular formula is C31H26N4O4. The molecule has 0 atom stereocenters. The zero-order valence-electron chi connectivity index (χ0n) is 21.8. The van der Waals surface area contributed by atoms with Crippen molar-refractivity contribution in [2.75, 3.05) is 10.6 Å². The molecule has 2 aliphatic carbocycles. The number of Topliss-reactive ketones (excluding diaryl/α,β-unsaturated/α-hetero) is 1. The summed E-state index contributed by atoms with van der Waals surface area (Å²) in [5.41, 5.74) is 3.60. The van der Waals surface area contributed by atoms with Gasteiger partial charge in [-0.1, -0.05) is 42.3 Å². The van der Waals surface area contributed by atoms with E-state index in [2.05, 4.69) is 40.8 Å². The molecule has 0 radical (unpaired) electrons. The Hall–Kier alpha value is -5.39. The number of ketones is 1. The molecule has 4 rings (SSSR count). The maximum Gasteiger partial charge on any atom is 0.412 e. The molecule has 2 amide bonds. The van der Waals surface area contributed by atoms with E-state index in [-0.39, 0.29) is 28.9 Å². The smallest absolute Gasteiger partial charge is 0.412 e. The summed E-state index contributed by atoms with van der Waals surface area (Å²) in [7, 11) is 0. The van der Waals surface area contributed by atoms with Crippen LogP contribution >= 0.6 is 0 Å². The number of fused-ring (bicyclic) bond motifs is 1. The number of nitriles is 2. The monoisotopic (exact) mass is 518 g/mol. The lowest BCUT2D eigenvalue weighted by Gasteiger charge is -2.21. The van der Waals surface area contributed by atoms with Crippen molar-refractivity contribution in [2.24, 2.45) is 0 Å². The fraction of sp³-hybridized carbons (Fsp3) is 0.194. The molecule has 0 spiro atoms. The van der Waals surface area contributed by atoms with E-state index in [9.17, 15) is 14.4 Å². The van der Waals surface area contributed by atoms with Crippen LogP contribution < -0.4 is 10.6 Å². The van der Waals surface area contributed by atoms with Gasteiger partial charge in [0.25, 0.3) is 0 Å². The molecule has 8 heteroatoms. The number of ether oxygens (including phenoxy) is 1. The molecule has 0 saturated carbocycles. The number of carbonyl (C=O) groups excluding carboxylic acids is 3. The second kappa shape index (κ2) is 12.2. The quantitative estimate of drug-likeness (QED) is 0.187. The van der Waals surface area contributed by atoms with Crippen molar-refractivity contribution in [3.8, 4) is 35.6 Å². The first-order chi connectivity index (χ1) is 18.5. The summed E-state index contributed by atoms with van der Waals surface area (Å²) in [6, 6.07) is 21.5. The molecule has 2 aromatic rings. The number of benzene rings is 3. The Balaban J connectivity index is 0.000000603. The molecule has 2 N–H and O–H groups in total. The van der Waals surface area contributed by atoms with Crippen LogP contribution in [0.3, 0.4) is 0 Å². The lowest BCUT2D eigenvalue weighted by molar-refractivity contribution is -0.115. The van der Waals surface area contributed by atoms with Crippen molar-refractivity contribution in [3.05, 3.63) is 82.9 Å². The van der Waals surface area contributed by atoms with Crippen LogP contribution in [0.1, 0.15) is 54.2 Å². The minimum Gasteiger partial charge on any atom is -0.444 e. The maximum atomic E-state index is 12.6. The average Bonchev–Trinajstić information content (AvgIpc) is 2.86. The highest BCUT2D eigenvalue weighted by molar-refractivity contribution is 6.12. The molecule has 0 aromatic heterocycles. The van der Waals surface area contributed by atoms with Gasteiger partial charge >= 0.3 is 6.09 Å². The van der Waals surface area contributed by atoms with E-state index in [1.807, 2.05) is 12.1 Å². The number of rotatable bonds is 6. The third-order valence-corrected chi connectivity index (χ3v) is 5.39. The lowest BCUT2D eigenvalue weighted by atomic mass is 9.95. The van der Waals surface area contributed by atoms with Gasteiger partial charge in [0, 0.05) is 5.56 Å². The van der Waals surface area contributed by atoms with Crippen LogP contribution in [0.25, 0.3) is 11.1 Å². The number of nitrogens with one attached hydrogen (secondary N) is 2. The first-order valence-corrected chi connectivity index (χ1v) is 12.0. The molecular weight excluding hydrogens is 492 g/mol. The summed E-state index contributed by atoms with van der Waals surface area (Å²) >= 11 is 0. The molecule has 8 nitrogen and oxygen atoms in total. The van der Waals surface area contributed by atoms with E-state index in [4.69, 9.17) is 21.7 Å². The normalized spacial score (nSPS) is 10.4. The standard InChI is InChI=1S/C25H22N4O4.C6H4/c1-5-18-11-16(9-10-26)13-20(28-24(32)33-25(2,3)4)23(18)29-22(31)14-21(30)19-8-6-7-17(12-19)15-27;1-2-6-4-3-5(1)6/h1,6-8,11-13H,9,14H2,2-4H3,(H,28,32)(H,29,31);1-4H. The minimum absolute atomic E-state index is 0.0274. The summed E-state index contributed by atoms with van der Waals surface area (Å²) in [6.45, 7) is 5.09. The van der Waals surface area contributed by atoms with Crippen molar-refractivity contribution < 1.29 is 19.1 Å². The van der Waals surface area contributed by atoms with Gasteiger partial charge < -0.3 is 10.1 Å². The Kier molecular flexibility index (Phi) is 8.84. The lowest BCUT2D eigenvalue weighted by Crippen LogP contribution is -2.28. The van der Waals surface area contributed by atoms with Crippen molar-refractivity contribution in [1.29, 1.82) is 10.5 Å². The number of carbonyl (C=O) groups is 3. The molecule has 0 saturated heterocycles. The third-order valence-electron chi connectivity index (χ3n) is 5.39. The first-order valence-electron chi connectivity index (χ1n) is 12.0. The van der Waals surface area contributed by atoms with Gasteiger partial charge in [0.05, 0.1) is 47.5 Å². The fourth-order valence-electron chi connectivity index (χ4n) is 3.51. The molecule has 0 unspecified atom stereocenters. The van der Waals surface area contributed by atoms with Crippen LogP contribution in [0, 0.1) is 35.0 Å². The van der Waals surface area contributed by atoms with Gasteiger partial charge in [0.2, 0.25) is 5.91 Å². The maximum absolute atomic E-state index is 12.6. The Morgan fingerprint density at radius 1 is 0.949 bits per heavy atom. The number of nitrogens with zero attached hydrogens (tertiary/aromatic N) is 2. The first kappa shape index (κ1) is 28.2. The van der Waals surface area contributed by atoms with E-state index in [0.29, 0.717) is 11.1 Å². The predicted octanol–water partition coefficient (Wildman–Crippen LogP) is 5.83. The third kappa shape index (κ3) is 7.79. The summed E-state index contributed by atoms with van der Waals surface area (Å²) in [5.74, 6) is 1.27. The summed E-state index contributed by atoms with van der Waals surface area (Å²) < 4.78 is 5.26. The molecule has 0 bridgehead atoms. The summed E-state index contributed by atoms with van der Waals surface area (Å²) in [5, 5.41) is 23.1. The average molecular weight is 519 g/mol. The van der Waals surface area contributed by atoms with Gasteiger partial charge in [-0.15, -0.1) is 6.42 Å². The number of hydrogen-bond donors (Lipinski definition) is 2. The molecule has 39 heavy (non-hydrogen) atoms. The largest absolute Gasteiger partial charge is 0.444 e. The fourth-order valence-corrected chi connectivity index (χ4v) is 3.51. The van der Waals surface area contributed by atoms with Gasteiger partial charge in [0.15, 0.2) is 5.78 Å². The van der Waals surface area contributed by atoms with E-state index in [1.54, 1.807) is 32.9 Å². The second-order valence-corrected chi connectivity index (χ2v) is 9.59. The number of terminal acetylenes is 1. The van der Waals surface area contributed by atoms with Crippen LogP contribution in [-0.4, -0.2) is 23.4 Å². The Labute approximate surface area is 227 Å². The van der Waals surface area contributed by atoms with Gasteiger partial charge in [-0.3, -0.25) is 14.9 Å². The van der Waals surface area contributed by atoms with Crippen LogP contribution in [0.15, 0.2) is 60.7 Å². The Morgan fingerprint density at radius 2 is 1.62 bits per heavy atom. The van der Waals surface area contributed by atoms with E-state index < -0.39 is 29.8 Å². The van der Waals surface area contributed by atoms with Crippen LogP contribution in [0.2, 0.25) is 0 Å². The number of hydrogen-bond acceptors (Lipinski definition) is 6. The minimum atomic E-state index is -0.778. The molecule has 0 heterocycles. The highest BCUT2D eigenvalue weighted by Crippen LogP contribution is 2.30. The van der Waals surface area contributed by atoms with E-state index >= 15 is 0 Å². The van der Waals surface area contributed by atoms with Crippen LogP contribution in [0.5, 0.6) is 0 Å². The highest BCUT2D eigenvalue weighted by atomic mass is 16.6. The Bertz CT molecular complexity index is 1520. The molecule has 0 fully saturated rings. The molecule has 2 aliphatic rings. The van der Waals surface area contributed by atoms with Crippen molar-refractivity contribution in [2.45, 2.75) is 39.2 Å². The second-order valence-electron chi connectivity index (χ2n) is 9.59.